The van der Waals surface area contributed by atoms with Crippen LogP contribution in [0.3, 0.4) is 0 Å². The minimum atomic E-state index is -0.486. The van der Waals surface area contributed by atoms with E-state index in [0.717, 1.165) is 5.56 Å². The molecule has 3 rings (SSSR count). The van der Waals surface area contributed by atoms with Gasteiger partial charge in [-0.3, -0.25) is 9.59 Å². The number of ether oxygens (including phenoxy) is 1. The number of nitrogens with one attached hydrogen (secondary N) is 1. The van der Waals surface area contributed by atoms with Gasteiger partial charge in [-0.05, 0) is 37.6 Å². The van der Waals surface area contributed by atoms with Crippen molar-refractivity contribution >= 4 is 22.9 Å². The van der Waals surface area contributed by atoms with E-state index in [-0.39, 0.29) is 17.3 Å². The molecular weight excluding hydrogens is 344 g/mol. The van der Waals surface area contributed by atoms with E-state index in [9.17, 15) is 9.59 Å². The van der Waals surface area contributed by atoms with Crippen molar-refractivity contribution in [1.82, 2.24) is 15.2 Å². The molecule has 7 heteroatoms. The Balaban J connectivity index is 1.92. The summed E-state index contributed by atoms with van der Waals surface area (Å²) in [5.74, 6) is 0.210. The summed E-state index contributed by atoms with van der Waals surface area (Å²) in [4.78, 5) is 25.2. The average Bonchev–Trinajstić information content (AvgIpc) is 2.68. The van der Waals surface area contributed by atoms with E-state index in [1.165, 1.54) is 10.9 Å². The van der Waals surface area contributed by atoms with Gasteiger partial charge < -0.3 is 4.74 Å². The number of carbonyl (C=O) groups excluding carboxylic acids is 1. The Hall–Kier alpha value is -3.48. The molecule has 0 aliphatic rings. The van der Waals surface area contributed by atoms with Crippen molar-refractivity contribution in [2.75, 3.05) is 7.11 Å². The number of benzene rings is 2. The molecule has 0 saturated heterocycles. The maximum atomic E-state index is 12.6. The van der Waals surface area contributed by atoms with Gasteiger partial charge in [-0.1, -0.05) is 30.3 Å². The second kappa shape index (κ2) is 7.82. The minimum absolute atomic E-state index is 0.154. The van der Waals surface area contributed by atoms with Gasteiger partial charge in [-0.25, -0.2) is 10.1 Å². The van der Waals surface area contributed by atoms with Gasteiger partial charge in [0.15, 0.2) is 5.69 Å². The number of nitrogens with zero attached hydrogens (tertiary/aromatic N) is 3. The van der Waals surface area contributed by atoms with E-state index in [2.05, 4.69) is 15.6 Å². The summed E-state index contributed by atoms with van der Waals surface area (Å²) in [5, 5.41) is 9.18. The normalized spacial score (nSPS) is 11.3. The molecule has 1 amide bonds. The van der Waals surface area contributed by atoms with Crippen LogP contribution in [0.25, 0.3) is 10.8 Å². The molecule has 0 atom stereocenters. The summed E-state index contributed by atoms with van der Waals surface area (Å²) in [5.41, 5.74) is 3.18. The van der Waals surface area contributed by atoms with Crippen molar-refractivity contribution in [3.8, 4) is 5.75 Å². The van der Waals surface area contributed by atoms with Crippen molar-refractivity contribution in [1.29, 1.82) is 0 Å². The first kappa shape index (κ1) is 18.3. The van der Waals surface area contributed by atoms with Gasteiger partial charge in [0, 0.05) is 5.39 Å². The first-order valence-corrected chi connectivity index (χ1v) is 8.50. The van der Waals surface area contributed by atoms with Crippen LogP contribution in [-0.2, 0) is 0 Å². The summed E-state index contributed by atoms with van der Waals surface area (Å²) in [7, 11) is 1.58. The SMILES string of the molecule is COc1cccc(/C=N/NC(=O)c2nn(C(C)C)c(=O)c3ccccc23)c1. The van der Waals surface area contributed by atoms with E-state index < -0.39 is 5.91 Å². The van der Waals surface area contributed by atoms with Gasteiger partial charge in [0.2, 0.25) is 0 Å². The van der Waals surface area contributed by atoms with Gasteiger partial charge >= 0.3 is 0 Å². The Morgan fingerprint density at radius 2 is 1.93 bits per heavy atom. The standard InChI is InChI=1S/C20H20N4O3/c1-13(2)24-20(26)17-10-5-4-9-16(17)18(23-24)19(25)22-21-12-14-7-6-8-15(11-14)27-3/h4-13H,1-3H3,(H,22,25)/b21-12+. The van der Waals surface area contributed by atoms with Crippen LogP contribution in [0.15, 0.2) is 58.4 Å². The summed E-state index contributed by atoms with van der Waals surface area (Å²) in [6, 6.07) is 14.0. The summed E-state index contributed by atoms with van der Waals surface area (Å²) >= 11 is 0. The predicted octanol–water partition coefficient (Wildman–Crippen LogP) is 2.75. The van der Waals surface area contributed by atoms with Gasteiger partial charge in [-0.2, -0.15) is 10.2 Å². The topological polar surface area (TPSA) is 85.6 Å². The molecule has 0 saturated carbocycles. The molecule has 0 aliphatic carbocycles. The maximum Gasteiger partial charge on any atom is 0.292 e. The number of carbonyl (C=O) groups is 1. The summed E-state index contributed by atoms with van der Waals surface area (Å²) in [6.45, 7) is 3.68. The maximum absolute atomic E-state index is 12.6. The summed E-state index contributed by atoms with van der Waals surface area (Å²) < 4.78 is 6.46. The van der Waals surface area contributed by atoms with Crippen LogP contribution < -0.4 is 15.7 Å². The highest BCUT2D eigenvalue weighted by molar-refractivity contribution is 6.04. The van der Waals surface area contributed by atoms with E-state index in [1.807, 2.05) is 32.0 Å². The summed E-state index contributed by atoms with van der Waals surface area (Å²) in [6.07, 6.45) is 1.51. The Morgan fingerprint density at radius 1 is 1.19 bits per heavy atom. The Bertz CT molecular complexity index is 1070. The second-order valence-electron chi connectivity index (χ2n) is 6.21. The molecule has 0 spiro atoms. The average molecular weight is 364 g/mol. The number of hydrogen-bond acceptors (Lipinski definition) is 5. The molecule has 0 aliphatic heterocycles. The highest BCUT2D eigenvalue weighted by Gasteiger charge is 2.17. The molecule has 1 N–H and O–H groups in total. The van der Waals surface area contributed by atoms with E-state index in [4.69, 9.17) is 4.74 Å². The molecule has 0 radical (unpaired) electrons. The van der Waals surface area contributed by atoms with Crippen LogP contribution in [0.1, 0.15) is 35.9 Å². The number of hydrazone groups is 1. The van der Waals surface area contributed by atoms with Gasteiger partial charge in [-0.15, -0.1) is 0 Å². The highest BCUT2D eigenvalue weighted by atomic mass is 16.5. The van der Waals surface area contributed by atoms with Crippen molar-refractivity contribution < 1.29 is 9.53 Å². The lowest BCUT2D eigenvalue weighted by Crippen LogP contribution is -2.30. The molecule has 138 valence electrons. The molecule has 7 nitrogen and oxygen atoms in total. The number of amides is 1. The first-order chi connectivity index (χ1) is 13.0. The van der Waals surface area contributed by atoms with Crippen molar-refractivity contribution in [3.05, 3.63) is 70.1 Å². The predicted molar refractivity (Wildman–Crippen MR) is 104 cm³/mol. The lowest BCUT2D eigenvalue weighted by Gasteiger charge is -2.12. The molecule has 2 aromatic carbocycles. The molecule has 1 aromatic heterocycles. The monoisotopic (exact) mass is 364 g/mol. The molecule has 0 fully saturated rings. The van der Waals surface area contributed by atoms with Gasteiger partial charge in [0.1, 0.15) is 5.75 Å². The number of methoxy groups -OCH3 is 1. The quantitative estimate of drug-likeness (QED) is 0.557. The lowest BCUT2D eigenvalue weighted by molar-refractivity contribution is 0.0949. The Kier molecular flexibility index (Phi) is 5.30. The Morgan fingerprint density at radius 3 is 2.63 bits per heavy atom. The van der Waals surface area contributed by atoms with Crippen LogP contribution in [0.2, 0.25) is 0 Å². The van der Waals surface area contributed by atoms with Crippen LogP contribution >= 0.6 is 0 Å². The zero-order chi connectivity index (χ0) is 19.4. The third-order valence-electron chi connectivity index (χ3n) is 4.01. The number of hydrogen-bond donors (Lipinski definition) is 1. The van der Waals surface area contributed by atoms with Crippen LogP contribution in [0.4, 0.5) is 0 Å². The fraction of sp³-hybridized carbons (Fsp3) is 0.200. The Labute approximate surface area is 156 Å². The molecular formula is C20H20N4O3. The highest BCUT2D eigenvalue weighted by Crippen LogP contribution is 2.15. The third kappa shape index (κ3) is 3.87. The van der Waals surface area contributed by atoms with Crippen molar-refractivity contribution in [2.45, 2.75) is 19.9 Å². The number of fused-ring (bicyclic) bond motifs is 1. The molecule has 3 aromatic rings. The van der Waals surface area contributed by atoms with E-state index in [0.29, 0.717) is 16.5 Å². The van der Waals surface area contributed by atoms with Crippen LogP contribution in [-0.4, -0.2) is 29.0 Å². The van der Waals surface area contributed by atoms with Crippen molar-refractivity contribution in [3.63, 3.8) is 0 Å². The minimum Gasteiger partial charge on any atom is -0.497 e. The zero-order valence-corrected chi connectivity index (χ0v) is 15.3. The van der Waals surface area contributed by atoms with Crippen LogP contribution in [0.5, 0.6) is 5.75 Å². The molecule has 0 bridgehead atoms. The zero-order valence-electron chi connectivity index (χ0n) is 15.3. The fourth-order valence-electron chi connectivity index (χ4n) is 2.66. The molecule has 27 heavy (non-hydrogen) atoms. The largest absolute Gasteiger partial charge is 0.497 e. The second-order valence-corrected chi connectivity index (χ2v) is 6.21. The van der Waals surface area contributed by atoms with Gasteiger partial charge in [0.25, 0.3) is 11.5 Å². The lowest BCUT2D eigenvalue weighted by atomic mass is 10.1. The van der Waals surface area contributed by atoms with Gasteiger partial charge in [0.05, 0.1) is 24.8 Å². The number of aromatic nitrogens is 2. The van der Waals surface area contributed by atoms with E-state index in [1.54, 1.807) is 37.4 Å². The molecule has 0 unspecified atom stereocenters. The van der Waals surface area contributed by atoms with E-state index >= 15 is 0 Å². The number of rotatable bonds is 5. The first-order valence-electron chi connectivity index (χ1n) is 8.50. The van der Waals surface area contributed by atoms with Crippen molar-refractivity contribution in [2.24, 2.45) is 5.10 Å². The van der Waals surface area contributed by atoms with Crippen LogP contribution in [0, 0.1) is 0 Å². The fourth-order valence-corrected chi connectivity index (χ4v) is 2.66. The third-order valence-corrected chi connectivity index (χ3v) is 4.01. The smallest absolute Gasteiger partial charge is 0.292 e. The molecule has 1 heterocycles.